The molecule has 0 bridgehead atoms. The van der Waals surface area contributed by atoms with Gasteiger partial charge >= 0.3 is 5.97 Å². The van der Waals surface area contributed by atoms with E-state index in [4.69, 9.17) is 4.42 Å². The molecular weight excluding hydrogens is 320 g/mol. The summed E-state index contributed by atoms with van der Waals surface area (Å²) in [5.41, 5.74) is 0.00307. The first-order valence-corrected chi connectivity index (χ1v) is 8.40. The average molecular weight is 338 g/mol. The minimum atomic E-state index is -3.70. The van der Waals surface area contributed by atoms with Gasteiger partial charge in [0.25, 0.3) is 0 Å². The van der Waals surface area contributed by atoms with Crippen molar-refractivity contribution in [3.63, 3.8) is 0 Å². The van der Waals surface area contributed by atoms with Gasteiger partial charge in [0, 0.05) is 6.04 Å². The number of nitrogens with zero attached hydrogens (tertiary/aromatic N) is 2. The second-order valence-corrected chi connectivity index (χ2v) is 6.97. The molecule has 0 aliphatic heterocycles. The number of hydrogen-bond donors (Lipinski definition) is 0. The third-order valence-corrected chi connectivity index (χ3v) is 5.20. The topological polar surface area (TPSA) is 89.7 Å². The maximum absolute atomic E-state index is 12.7. The van der Waals surface area contributed by atoms with E-state index in [1.165, 1.54) is 23.5 Å². The Morgan fingerprint density at radius 1 is 1.30 bits per heavy atom. The summed E-state index contributed by atoms with van der Waals surface area (Å²) in [4.78, 5) is 15.5. The van der Waals surface area contributed by atoms with Crippen LogP contribution in [0.4, 0.5) is 0 Å². The molecule has 7 nitrogen and oxygen atoms in total. The second-order valence-electron chi connectivity index (χ2n) is 5.08. The van der Waals surface area contributed by atoms with Crippen LogP contribution in [0.25, 0.3) is 0 Å². The number of hydrogen-bond acceptors (Lipinski definition) is 6. The first kappa shape index (κ1) is 17.2. The van der Waals surface area contributed by atoms with Crippen LogP contribution in [-0.4, -0.2) is 36.8 Å². The van der Waals surface area contributed by atoms with E-state index in [-0.39, 0.29) is 29.1 Å². The molecule has 1 heterocycles. The number of aromatic nitrogens is 1. The van der Waals surface area contributed by atoms with Crippen molar-refractivity contribution in [2.45, 2.75) is 31.3 Å². The van der Waals surface area contributed by atoms with Crippen LogP contribution in [0.1, 0.15) is 30.2 Å². The number of rotatable bonds is 6. The Labute approximate surface area is 134 Å². The van der Waals surface area contributed by atoms with E-state index in [1.807, 2.05) is 0 Å². The predicted octanol–water partition coefficient (Wildman–Crippen LogP) is 2.06. The Balaban J connectivity index is 2.29. The van der Waals surface area contributed by atoms with Gasteiger partial charge in [-0.05, 0) is 26.0 Å². The van der Waals surface area contributed by atoms with Crippen molar-refractivity contribution < 1.29 is 22.4 Å². The largest absolute Gasteiger partial charge is 0.464 e. The summed E-state index contributed by atoms with van der Waals surface area (Å²) in [7, 11) is -2.46. The highest BCUT2D eigenvalue weighted by Crippen LogP contribution is 2.20. The average Bonchev–Trinajstić information content (AvgIpc) is 3.01. The number of sulfonamides is 1. The molecule has 1 aromatic carbocycles. The molecule has 0 aliphatic rings. The summed E-state index contributed by atoms with van der Waals surface area (Å²) < 4.78 is 36.5. The third-order valence-electron chi connectivity index (χ3n) is 3.16. The van der Waals surface area contributed by atoms with Gasteiger partial charge in [-0.2, -0.15) is 4.31 Å². The predicted molar refractivity (Wildman–Crippen MR) is 82.1 cm³/mol. The molecule has 124 valence electrons. The van der Waals surface area contributed by atoms with Crippen LogP contribution in [0.2, 0.25) is 0 Å². The number of ether oxygens (including phenoxy) is 1. The Hall–Kier alpha value is -2.19. The van der Waals surface area contributed by atoms with E-state index >= 15 is 0 Å². The molecule has 0 atom stereocenters. The van der Waals surface area contributed by atoms with E-state index in [1.54, 1.807) is 32.0 Å². The molecule has 2 aromatic rings. The molecule has 0 spiro atoms. The van der Waals surface area contributed by atoms with Crippen LogP contribution >= 0.6 is 0 Å². The standard InChI is InChI=1S/C15H18N2O5S/c1-11(2)17(23(19,20)12-7-5-4-6-8-12)9-14-16-13(10-22-14)15(18)21-3/h4-8,10-11H,9H2,1-3H3. The molecule has 0 fully saturated rings. The van der Waals surface area contributed by atoms with E-state index < -0.39 is 16.0 Å². The summed E-state index contributed by atoms with van der Waals surface area (Å²) in [5.74, 6) is -0.513. The lowest BCUT2D eigenvalue weighted by molar-refractivity contribution is 0.0594. The fourth-order valence-corrected chi connectivity index (χ4v) is 3.60. The molecule has 0 saturated heterocycles. The number of carbonyl (C=O) groups is 1. The smallest absolute Gasteiger partial charge is 0.360 e. The van der Waals surface area contributed by atoms with Crippen molar-refractivity contribution in [3.8, 4) is 0 Å². The minimum Gasteiger partial charge on any atom is -0.464 e. The van der Waals surface area contributed by atoms with Gasteiger partial charge in [0.1, 0.15) is 6.26 Å². The number of oxazole rings is 1. The fraction of sp³-hybridized carbons (Fsp3) is 0.333. The van der Waals surface area contributed by atoms with E-state index in [0.717, 1.165) is 6.26 Å². The maximum atomic E-state index is 12.7. The number of methoxy groups -OCH3 is 1. The highest BCUT2D eigenvalue weighted by Gasteiger charge is 2.29. The zero-order chi connectivity index (χ0) is 17.0. The molecule has 8 heteroatoms. The maximum Gasteiger partial charge on any atom is 0.360 e. The molecule has 0 amide bonds. The Morgan fingerprint density at radius 3 is 2.52 bits per heavy atom. The summed E-state index contributed by atoms with van der Waals surface area (Å²) in [5, 5.41) is 0. The lowest BCUT2D eigenvalue weighted by Gasteiger charge is -2.24. The minimum absolute atomic E-state index is 0.00307. The summed E-state index contributed by atoms with van der Waals surface area (Å²) >= 11 is 0. The Kier molecular flexibility index (Phi) is 5.17. The van der Waals surface area contributed by atoms with Crippen LogP contribution < -0.4 is 0 Å². The van der Waals surface area contributed by atoms with Gasteiger partial charge in [-0.25, -0.2) is 18.2 Å². The van der Waals surface area contributed by atoms with E-state index in [2.05, 4.69) is 9.72 Å². The van der Waals surface area contributed by atoms with Crippen molar-refractivity contribution in [1.29, 1.82) is 0 Å². The molecule has 0 N–H and O–H groups in total. The Bertz CT molecular complexity index is 768. The van der Waals surface area contributed by atoms with Crippen molar-refractivity contribution in [1.82, 2.24) is 9.29 Å². The lowest BCUT2D eigenvalue weighted by atomic mass is 10.4. The first-order chi connectivity index (χ1) is 10.9. The quantitative estimate of drug-likeness (QED) is 0.749. The lowest BCUT2D eigenvalue weighted by Crippen LogP contribution is -2.36. The zero-order valence-corrected chi connectivity index (χ0v) is 13.9. The molecule has 0 unspecified atom stereocenters. The number of benzene rings is 1. The van der Waals surface area contributed by atoms with Crippen LogP contribution in [-0.2, 0) is 21.3 Å². The first-order valence-electron chi connectivity index (χ1n) is 6.96. The van der Waals surface area contributed by atoms with Crippen molar-refractivity contribution >= 4 is 16.0 Å². The van der Waals surface area contributed by atoms with Crippen molar-refractivity contribution in [2.24, 2.45) is 0 Å². The second kappa shape index (κ2) is 6.93. The zero-order valence-electron chi connectivity index (χ0n) is 13.1. The molecule has 2 rings (SSSR count). The molecule has 0 aliphatic carbocycles. The molecule has 0 saturated carbocycles. The van der Waals surface area contributed by atoms with Gasteiger partial charge in [-0.15, -0.1) is 0 Å². The normalized spacial score (nSPS) is 11.9. The highest BCUT2D eigenvalue weighted by atomic mass is 32.2. The van der Waals surface area contributed by atoms with Crippen LogP contribution in [0.5, 0.6) is 0 Å². The molecule has 1 aromatic heterocycles. The Morgan fingerprint density at radius 2 is 1.96 bits per heavy atom. The third kappa shape index (κ3) is 3.77. The SMILES string of the molecule is COC(=O)c1coc(CN(C(C)C)S(=O)(=O)c2ccccc2)n1. The fourth-order valence-electron chi connectivity index (χ4n) is 1.99. The van der Waals surface area contributed by atoms with Gasteiger partial charge in [0.2, 0.25) is 15.9 Å². The van der Waals surface area contributed by atoms with E-state index in [9.17, 15) is 13.2 Å². The summed E-state index contributed by atoms with van der Waals surface area (Å²) in [6.07, 6.45) is 1.15. The number of esters is 1. The number of carbonyl (C=O) groups excluding carboxylic acids is 1. The van der Waals surface area contributed by atoms with Gasteiger partial charge in [0.15, 0.2) is 5.69 Å². The van der Waals surface area contributed by atoms with Crippen LogP contribution in [0.15, 0.2) is 45.9 Å². The molecular formula is C15H18N2O5S. The monoisotopic (exact) mass is 338 g/mol. The van der Waals surface area contributed by atoms with E-state index in [0.29, 0.717) is 0 Å². The molecule has 23 heavy (non-hydrogen) atoms. The van der Waals surface area contributed by atoms with Gasteiger partial charge < -0.3 is 9.15 Å². The molecule has 0 radical (unpaired) electrons. The van der Waals surface area contributed by atoms with Crippen molar-refractivity contribution in [3.05, 3.63) is 48.2 Å². The highest BCUT2D eigenvalue weighted by molar-refractivity contribution is 7.89. The summed E-state index contributed by atoms with van der Waals surface area (Å²) in [6, 6.07) is 7.81. The van der Waals surface area contributed by atoms with Crippen LogP contribution in [0, 0.1) is 0 Å². The van der Waals surface area contributed by atoms with Crippen LogP contribution in [0.3, 0.4) is 0 Å². The van der Waals surface area contributed by atoms with Gasteiger partial charge in [-0.1, -0.05) is 18.2 Å². The van der Waals surface area contributed by atoms with Crippen molar-refractivity contribution in [2.75, 3.05) is 7.11 Å². The summed E-state index contributed by atoms with van der Waals surface area (Å²) in [6.45, 7) is 3.43. The van der Waals surface area contributed by atoms with Gasteiger partial charge in [-0.3, -0.25) is 0 Å². The van der Waals surface area contributed by atoms with Gasteiger partial charge in [0.05, 0.1) is 18.6 Å².